The molecule has 0 aromatic heterocycles. The van der Waals surface area contributed by atoms with Crippen LogP contribution in [0.25, 0.3) is 0 Å². The Bertz CT molecular complexity index is 676. The number of unbranched alkanes of at least 4 members (excludes halogenated alkanes) is 2. The molecule has 210 valence electrons. The largest absolute Gasteiger partial charge is 0.460 e. The van der Waals surface area contributed by atoms with E-state index in [9.17, 15) is 70.2 Å². The molecule has 0 radical (unpaired) electrons. The summed E-state index contributed by atoms with van der Waals surface area (Å²) in [7, 11) is 0. The highest BCUT2D eigenvalue weighted by atomic mass is 19.4. The second kappa shape index (κ2) is 11.3. The Labute approximate surface area is 186 Å². The van der Waals surface area contributed by atoms with Crippen LogP contribution in [0, 0.1) is 0 Å². The van der Waals surface area contributed by atoms with E-state index in [1.807, 2.05) is 0 Å². The number of allylic oxidation sites excluding steroid dienone is 1. The zero-order valence-electron chi connectivity index (χ0n) is 16.9. The van der Waals surface area contributed by atoms with Crippen LogP contribution in [0.15, 0.2) is 12.7 Å². The average molecular weight is 560 g/mol. The third-order valence-electron chi connectivity index (χ3n) is 3.73. The van der Waals surface area contributed by atoms with Gasteiger partial charge in [0.25, 0.3) is 0 Å². The van der Waals surface area contributed by atoms with Gasteiger partial charge in [-0.25, -0.2) is 13.9 Å². The lowest BCUT2D eigenvalue weighted by atomic mass is 10.1. The van der Waals surface area contributed by atoms with Gasteiger partial charge < -0.3 is 4.74 Å². The number of hydrogen-bond donors (Lipinski definition) is 0. The third kappa shape index (κ3) is 8.54. The highest BCUT2D eigenvalue weighted by Crippen LogP contribution is 2.55. The van der Waals surface area contributed by atoms with Crippen LogP contribution in [0.5, 0.6) is 0 Å². The molecule has 0 aliphatic heterocycles. The molecule has 0 aliphatic rings. The highest BCUT2D eigenvalue weighted by Gasteiger charge is 2.85. The molecule has 3 nitrogen and oxygen atoms in total. The van der Waals surface area contributed by atoms with E-state index >= 15 is 0 Å². The van der Waals surface area contributed by atoms with E-state index in [0.717, 1.165) is 0 Å². The number of ether oxygens (including phenoxy) is 3. The second-order valence-electron chi connectivity index (χ2n) is 6.72. The number of alkyl halides is 16. The summed E-state index contributed by atoms with van der Waals surface area (Å²) in [6.45, 7) is -0.290. The fourth-order valence-corrected chi connectivity index (χ4v) is 1.97. The van der Waals surface area contributed by atoms with E-state index in [0.29, 0.717) is 12.8 Å². The van der Waals surface area contributed by atoms with Crippen LogP contribution < -0.4 is 0 Å². The Morgan fingerprint density at radius 1 is 0.657 bits per heavy atom. The molecular weight excluding hydrogens is 544 g/mol. The molecule has 0 spiro atoms. The molecule has 0 saturated heterocycles. The van der Waals surface area contributed by atoms with Crippen molar-refractivity contribution in [3.05, 3.63) is 12.7 Å². The van der Waals surface area contributed by atoms with Crippen molar-refractivity contribution < 1.29 is 84.5 Å². The smallest absolute Gasteiger partial charge is 0.369 e. The number of rotatable bonds is 16. The van der Waals surface area contributed by atoms with Crippen molar-refractivity contribution in [3.8, 4) is 0 Å². The minimum absolute atomic E-state index is 0.192. The fourth-order valence-electron chi connectivity index (χ4n) is 1.97. The molecule has 35 heavy (non-hydrogen) atoms. The zero-order valence-corrected chi connectivity index (χ0v) is 16.9. The quantitative estimate of drug-likeness (QED) is 0.113. The van der Waals surface area contributed by atoms with Gasteiger partial charge in [0.05, 0.1) is 6.61 Å². The van der Waals surface area contributed by atoms with Gasteiger partial charge in [0, 0.05) is 0 Å². The summed E-state index contributed by atoms with van der Waals surface area (Å²) < 4.78 is 213. The van der Waals surface area contributed by atoms with Crippen LogP contribution in [-0.4, -0.2) is 61.8 Å². The highest BCUT2D eigenvalue weighted by molar-refractivity contribution is 4.97. The van der Waals surface area contributed by atoms with Gasteiger partial charge in [-0.1, -0.05) is 12.5 Å². The predicted octanol–water partition coefficient (Wildman–Crippen LogP) is 7.32. The second-order valence-corrected chi connectivity index (χ2v) is 6.72. The molecule has 0 aliphatic carbocycles. The normalized spacial score (nSPS) is 15.9. The minimum Gasteiger partial charge on any atom is -0.369 e. The first-order valence-electron chi connectivity index (χ1n) is 8.93. The Morgan fingerprint density at radius 2 is 1.14 bits per heavy atom. The van der Waals surface area contributed by atoms with Crippen LogP contribution in [0.3, 0.4) is 0 Å². The zero-order chi connectivity index (χ0) is 28.1. The van der Waals surface area contributed by atoms with Gasteiger partial charge >= 0.3 is 42.5 Å². The molecule has 0 amide bonds. The van der Waals surface area contributed by atoms with Crippen LogP contribution in [-0.2, 0) is 14.2 Å². The van der Waals surface area contributed by atoms with Crippen molar-refractivity contribution in [3.63, 3.8) is 0 Å². The Kier molecular flexibility index (Phi) is 10.8. The van der Waals surface area contributed by atoms with Crippen LogP contribution in [0.2, 0.25) is 0 Å². The first-order chi connectivity index (χ1) is 15.4. The van der Waals surface area contributed by atoms with Gasteiger partial charge in [-0.05, 0) is 19.3 Å². The molecule has 0 aromatic rings. The number of hydrogen-bond acceptors (Lipinski definition) is 3. The third-order valence-corrected chi connectivity index (χ3v) is 3.73. The van der Waals surface area contributed by atoms with E-state index in [1.54, 1.807) is 0 Å². The molecule has 0 N–H and O–H groups in total. The molecule has 0 saturated carbocycles. The Morgan fingerprint density at radius 3 is 1.60 bits per heavy atom. The van der Waals surface area contributed by atoms with Crippen molar-refractivity contribution in [1.29, 1.82) is 0 Å². The summed E-state index contributed by atoms with van der Waals surface area (Å²) in [4.78, 5) is 0. The van der Waals surface area contributed by atoms with Gasteiger partial charge in [-0.15, -0.1) is 6.58 Å². The van der Waals surface area contributed by atoms with Gasteiger partial charge in [-0.3, -0.25) is 0 Å². The summed E-state index contributed by atoms with van der Waals surface area (Å²) in [5.74, 6) is -15.7. The topological polar surface area (TPSA) is 27.7 Å². The molecule has 0 rings (SSSR count). The molecule has 19 heteroatoms. The van der Waals surface area contributed by atoms with E-state index in [1.165, 1.54) is 10.8 Å². The van der Waals surface area contributed by atoms with Gasteiger partial charge in [0.15, 0.2) is 0 Å². The lowest BCUT2D eigenvalue weighted by Crippen LogP contribution is -2.64. The summed E-state index contributed by atoms with van der Waals surface area (Å²) in [6.07, 6.45) is -34.9. The van der Waals surface area contributed by atoms with Crippen molar-refractivity contribution in [2.75, 3.05) is 13.2 Å². The fraction of sp³-hybridized carbons (Fsp3) is 0.875. The van der Waals surface area contributed by atoms with Crippen molar-refractivity contribution in [2.45, 2.75) is 74.3 Å². The predicted molar refractivity (Wildman–Crippen MR) is 82.3 cm³/mol. The van der Waals surface area contributed by atoms with Gasteiger partial charge in [-0.2, -0.15) is 65.9 Å². The summed E-state index contributed by atoms with van der Waals surface area (Å²) in [5, 5.41) is 0. The summed E-state index contributed by atoms with van der Waals surface area (Å²) in [5.41, 5.74) is 0. The molecule has 0 aromatic carbocycles. The molecule has 0 bridgehead atoms. The number of halogens is 16. The monoisotopic (exact) mass is 560 g/mol. The standard InChI is InChI=1S/C16H16F16O3/c1-2-3-4-5-6-9(17)7-33-8-10(18,19)34-15(29,30)16(31,32)35-14(27,28)12(22,23)11(20,21)13(24,25)26/h2,9H,1,3-8H2/t9-/m0/s1. The minimum atomic E-state index is -7.93. The van der Waals surface area contributed by atoms with E-state index in [2.05, 4.69) is 16.1 Å². The van der Waals surface area contributed by atoms with E-state index < -0.39 is 61.8 Å². The molecular formula is C16H16F16O3. The van der Waals surface area contributed by atoms with E-state index in [-0.39, 0.29) is 12.8 Å². The maximum absolute atomic E-state index is 13.4. The molecule has 0 fully saturated rings. The molecule has 1 atom stereocenters. The average Bonchev–Trinajstić information content (AvgIpc) is 2.62. The lowest BCUT2D eigenvalue weighted by molar-refractivity contribution is -0.543. The van der Waals surface area contributed by atoms with E-state index in [4.69, 9.17) is 0 Å². The lowest BCUT2D eigenvalue weighted by Gasteiger charge is -2.36. The molecule has 0 unspecified atom stereocenters. The Hall–Kier alpha value is -1.50. The summed E-state index contributed by atoms with van der Waals surface area (Å²) >= 11 is 0. The first kappa shape index (κ1) is 33.5. The first-order valence-corrected chi connectivity index (χ1v) is 8.93. The van der Waals surface area contributed by atoms with Crippen LogP contribution >= 0.6 is 0 Å². The van der Waals surface area contributed by atoms with Crippen molar-refractivity contribution in [2.24, 2.45) is 0 Å². The SMILES string of the molecule is C=CCCCC[C@H](F)COCC(F)(F)OC(F)(F)C(F)(F)OC(F)(F)C(F)(F)C(F)(F)C(F)(F)F. The van der Waals surface area contributed by atoms with Crippen LogP contribution in [0.4, 0.5) is 70.2 Å². The van der Waals surface area contributed by atoms with Gasteiger partial charge in [0.2, 0.25) is 0 Å². The Balaban J connectivity index is 5.30. The van der Waals surface area contributed by atoms with Crippen molar-refractivity contribution in [1.82, 2.24) is 0 Å². The maximum Gasteiger partial charge on any atom is 0.460 e. The summed E-state index contributed by atoms with van der Waals surface area (Å²) in [6, 6.07) is 0. The molecule has 0 heterocycles. The van der Waals surface area contributed by atoms with Crippen molar-refractivity contribution >= 4 is 0 Å². The maximum atomic E-state index is 13.4. The van der Waals surface area contributed by atoms with Gasteiger partial charge in [0.1, 0.15) is 12.8 Å². The van der Waals surface area contributed by atoms with Crippen LogP contribution in [0.1, 0.15) is 25.7 Å².